The maximum atomic E-state index is 5.66. The van der Waals surface area contributed by atoms with Gasteiger partial charge in [0, 0.05) is 45.4 Å². The third kappa shape index (κ3) is 7.15. The molecule has 2 heterocycles. The van der Waals surface area contributed by atoms with Gasteiger partial charge in [-0.15, -0.1) is 24.0 Å². The zero-order valence-corrected chi connectivity index (χ0v) is 21.4. The van der Waals surface area contributed by atoms with Crippen LogP contribution < -0.4 is 10.6 Å². The highest BCUT2D eigenvalue weighted by molar-refractivity contribution is 14.0. The number of benzene rings is 1. The Morgan fingerprint density at radius 2 is 2.00 bits per heavy atom. The number of aryl methyl sites for hydroxylation is 1. The van der Waals surface area contributed by atoms with Crippen LogP contribution in [0.2, 0.25) is 0 Å². The first-order chi connectivity index (χ1) is 14.5. The van der Waals surface area contributed by atoms with E-state index in [-0.39, 0.29) is 35.6 Å². The van der Waals surface area contributed by atoms with E-state index in [2.05, 4.69) is 69.8 Å². The van der Waals surface area contributed by atoms with Gasteiger partial charge >= 0.3 is 0 Å². The molecule has 172 valence electrons. The Morgan fingerprint density at radius 3 is 2.61 bits per heavy atom. The average molecular weight is 541 g/mol. The molecule has 1 aromatic heterocycles. The predicted molar refractivity (Wildman–Crippen MR) is 135 cm³/mol. The maximum Gasteiger partial charge on any atom is 0.194 e. The lowest BCUT2D eigenvalue weighted by atomic mass is 9.88. The van der Waals surface area contributed by atoms with Crippen molar-refractivity contribution in [1.29, 1.82) is 0 Å². The van der Waals surface area contributed by atoms with E-state index >= 15 is 0 Å². The highest BCUT2D eigenvalue weighted by Crippen LogP contribution is 2.26. The molecular weight excluding hydrogens is 505 g/mol. The molecule has 31 heavy (non-hydrogen) atoms. The van der Waals surface area contributed by atoms with Crippen LogP contribution in [0.4, 0.5) is 0 Å². The van der Waals surface area contributed by atoms with Gasteiger partial charge in [-0.2, -0.15) is 5.10 Å². The summed E-state index contributed by atoms with van der Waals surface area (Å²) in [6, 6.07) is 10.8. The summed E-state index contributed by atoms with van der Waals surface area (Å²) in [5.74, 6) is 1.78. The summed E-state index contributed by atoms with van der Waals surface area (Å²) in [6.07, 6.45) is 3.47. The number of nitrogens with one attached hydrogen (secondary N) is 2. The van der Waals surface area contributed by atoms with Crippen LogP contribution in [0, 0.1) is 0 Å². The van der Waals surface area contributed by atoms with Gasteiger partial charge in [-0.3, -0.25) is 9.67 Å². The fourth-order valence-electron chi connectivity index (χ4n) is 3.84. The molecular formula is C22H36IN7O. The van der Waals surface area contributed by atoms with Crippen molar-refractivity contribution in [2.45, 2.75) is 44.8 Å². The first-order valence-corrected chi connectivity index (χ1v) is 10.8. The van der Waals surface area contributed by atoms with Gasteiger partial charge in [0.1, 0.15) is 12.2 Å². The van der Waals surface area contributed by atoms with Gasteiger partial charge in [0.05, 0.1) is 13.1 Å². The van der Waals surface area contributed by atoms with Crippen molar-refractivity contribution >= 4 is 29.9 Å². The highest BCUT2D eigenvalue weighted by Gasteiger charge is 2.34. The van der Waals surface area contributed by atoms with E-state index in [1.54, 1.807) is 11.0 Å². The standard InChI is InChI=1S/C22H35N7O.HI/c1-5-23-21(28(3)15-20-25-17-26-29(20)4)24-16-22(11-13-30-14-12-22)27-18(2)19-9-7-6-8-10-19;/h6-10,17-18,27H,5,11-16H2,1-4H3,(H,23,24);1H. The maximum absolute atomic E-state index is 5.66. The smallest absolute Gasteiger partial charge is 0.194 e. The normalized spacial score (nSPS) is 17.0. The van der Waals surface area contributed by atoms with Crippen molar-refractivity contribution in [3.63, 3.8) is 0 Å². The fraction of sp³-hybridized carbons (Fsp3) is 0.591. The van der Waals surface area contributed by atoms with Crippen molar-refractivity contribution in [3.05, 3.63) is 48.0 Å². The van der Waals surface area contributed by atoms with Crippen LogP contribution in [0.1, 0.15) is 44.1 Å². The van der Waals surface area contributed by atoms with Crippen LogP contribution in [0.15, 0.2) is 41.7 Å². The minimum absolute atomic E-state index is 0. The molecule has 0 aliphatic carbocycles. The van der Waals surface area contributed by atoms with Gasteiger partial charge in [-0.05, 0) is 32.3 Å². The Hall–Kier alpha value is -1.72. The van der Waals surface area contributed by atoms with Gasteiger partial charge in [0.2, 0.25) is 0 Å². The van der Waals surface area contributed by atoms with Gasteiger partial charge < -0.3 is 20.3 Å². The number of aromatic nitrogens is 3. The number of guanidine groups is 1. The van der Waals surface area contributed by atoms with E-state index in [0.29, 0.717) is 13.1 Å². The first kappa shape index (κ1) is 25.5. The van der Waals surface area contributed by atoms with Crippen LogP contribution in [0.25, 0.3) is 0 Å². The SMILES string of the molecule is CCNC(=NCC1(NC(C)c2ccccc2)CCOCC1)N(C)Cc1ncnn1C.I. The molecule has 0 bridgehead atoms. The second kappa shape index (κ2) is 12.4. The van der Waals surface area contributed by atoms with E-state index in [1.165, 1.54) is 5.56 Å². The van der Waals surface area contributed by atoms with Crippen molar-refractivity contribution < 1.29 is 4.74 Å². The van der Waals surface area contributed by atoms with Gasteiger partial charge in [-0.1, -0.05) is 30.3 Å². The number of rotatable bonds is 8. The lowest BCUT2D eigenvalue weighted by molar-refractivity contribution is 0.0373. The summed E-state index contributed by atoms with van der Waals surface area (Å²) in [4.78, 5) is 11.5. The number of aliphatic imine (C=N–C) groups is 1. The van der Waals surface area contributed by atoms with Crippen LogP contribution in [-0.2, 0) is 18.3 Å². The molecule has 1 atom stereocenters. The summed E-state index contributed by atoms with van der Waals surface area (Å²) in [5.41, 5.74) is 1.21. The molecule has 1 aliphatic rings. The zero-order chi connectivity index (χ0) is 21.4. The summed E-state index contributed by atoms with van der Waals surface area (Å²) >= 11 is 0. The molecule has 9 heteroatoms. The van der Waals surface area contributed by atoms with Crippen molar-refractivity contribution in [1.82, 2.24) is 30.3 Å². The third-order valence-electron chi connectivity index (χ3n) is 5.68. The minimum Gasteiger partial charge on any atom is -0.381 e. The van der Waals surface area contributed by atoms with Gasteiger partial charge in [0.25, 0.3) is 0 Å². The minimum atomic E-state index is -0.0835. The largest absolute Gasteiger partial charge is 0.381 e. The molecule has 1 saturated heterocycles. The number of hydrogen-bond acceptors (Lipinski definition) is 5. The van der Waals surface area contributed by atoms with E-state index in [1.807, 2.05) is 14.1 Å². The van der Waals surface area contributed by atoms with Crippen LogP contribution in [-0.4, -0.2) is 64.5 Å². The number of hydrogen-bond donors (Lipinski definition) is 2. The molecule has 2 N–H and O–H groups in total. The summed E-state index contributed by atoms with van der Waals surface area (Å²) < 4.78 is 7.46. The Bertz CT molecular complexity index is 805. The second-order valence-corrected chi connectivity index (χ2v) is 8.00. The molecule has 8 nitrogen and oxygen atoms in total. The fourth-order valence-corrected chi connectivity index (χ4v) is 3.84. The van der Waals surface area contributed by atoms with Crippen molar-refractivity contribution in [2.24, 2.45) is 12.0 Å². The average Bonchev–Trinajstić information content (AvgIpc) is 3.16. The van der Waals surface area contributed by atoms with E-state index < -0.39 is 0 Å². The molecule has 1 fully saturated rings. The van der Waals surface area contributed by atoms with E-state index in [0.717, 1.165) is 44.4 Å². The molecule has 3 rings (SSSR count). The molecule has 1 aromatic carbocycles. The zero-order valence-electron chi connectivity index (χ0n) is 19.0. The lowest BCUT2D eigenvalue weighted by Crippen LogP contribution is -2.53. The van der Waals surface area contributed by atoms with Gasteiger partial charge in [0.15, 0.2) is 5.96 Å². The molecule has 0 spiro atoms. The lowest BCUT2D eigenvalue weighted by Gasteiger charge is -2.39. The molecule has 0 amide bonds. The highest BCUT2D eigenvalue weighted by atomic mass is 127. The molecule has 1 aliphatic heterocycles. The second-order valence-electron chi connectivity index (χ2n) is 8.00. The summed E-state index contributed by atoms with van der Waals surface area (Å²) in [6.45, 7) is 7.98. The Labute approximate surface area is 202 Å². The summed E-state index contributed by atoms with van der Waals surface area (Å²) in [7, 11) is 3.94. The van der Waals surface area contributed by atoms with Gasteiger partial charge in [-0.25, -0.2) is 4.98 Å². The Morgan fingerprint density at radius 1 is 1.29 bits per heavy atom. The van der Waals surface area contributed by atoms with Crippen molar-refractivity contribution in [2.75, 3.05) is 33.4 Å². The monoisotopic (exact) mass is 541 g/mol. The van der Waals surface area contributed by atoms with Crippen LogP contribution in [0.5, 0.6) is 0 Å². The number of ether oxygens (including phenoxy) is 1. The molecule has 0 saturated carbocycles. The predicted octanol–water partition coefficient (Wildman–Crippen LogP) is 2.73. The summed E-state index contributed by atoms with van der Waals surface area (Å²) in [5, 5.41) is 11.5. The quantitative estimate of drug-likeness (QED) is 0.304. The van der Waals surface area contributed by atoms with Crippen LogP contribution >= 0.6 is 24.0 Å². The number of nitrogens with zero attached hydrogens (tertiary/aromatic N) is 5. The Balaban J connectivity index is 0.00000341. The third-order valence-corrected chi connectivity index (χ3v) is 5.68. The Kier molecular flexibility index (Phi) is 10.2. The van der Waals surface area contributed by atoms with Crippen molar-refractivity contribution in [3.8, 4) is 0 Å². The first-order valence-electron chi connectivity index (χ1n) is 10.8. The molecule has 2 aromatic rings. The molecule has 0 radical (unpaired) electrons. The number of halogens is 1. The van der Waals surface area contributed by atoms with E-state index in [4.69, 9.17) is 9.73 Å². The van der Waals surface area contributed by atoms with E-state index in [9.17, 15) is 0 Å². The topological polar surface area (TPSA) is 79.6 Å². The van der Waals surface area contributed by atoms with Crippen LogP contribution in [0.3, 0.4) is 0 Å². The molecule has 1 unspecified atom stereocenters.